The molecule has 0 aromatic heterocycles. The van der Waals surface area contributed by atoms with Crippen LogP contribution in [0.3, 0.4) is 0 Å². The van der Waals surface area contributed by atoms with Crippen LogP contribution in [0.1, 0.15) is 44.7 Å². The summed E-state index contributed by atoms with van der Waals surface area (Å²) in [5, 5.41) is 13.2. The van der Waals surface area contributed by atoms with Crippen LogP contribution in [0.4, 0.5) is 0 Å². The van der Waals surface area contributed by atoms with Crippen molar-refractivity contribution in [3.8, 4) is 0 Å². The number of benzene rings is 1. The van der Waals surface area contributed by atoms with Crippen LogP contribution in [0.25, 0.3) is 0 Å². The van der Waals surface area contributed by atoms with Gasteiger partial charge in [-0.15, -0.1) is 24.0 Å². The Bertz CT molecular complexity index is 629. The Balaban J connectivity index is 0.00000280. The first-order valence-corrected chi connectivity index (χ1v) is 10.6. The average molecular weight is 500 g/mol. The predicted octanol–water partition coefficient (Wildman–Crippen LogP) is 3.31. The highest BCUT2D eigenvalue weighted by Crippen LogP contribution is 2.23. The van der Waals surface area contributed by atoms with E-state index in [9.17, 15) is 5.11 Å². The molecule has 2 heterocycles. The minimum absolute atomic E-state index is 0. The Hall–Kier alpha value is -0.860. The first-order chi connectivity index (χ1) is 13.0. The number of hydrogen-bond acceptors (Lipinski definition) is 3. The summed E-state index contributed by atoms with van der Waals surface area (Å²) in [6.07, 6.45) is 1.94. The van der Waals surface area contributed by atoms with Gasteiger partial charge in [0.2, 0.25) is 0 Å². The first kappa shape index (κ1) is 23.4. The monoisotopic (exact) mass is 500 g/mol. The highest BCUT2D eigenvalue weighted by atomic mass is 127. The summed E-state index contributed by atoms with van der Waals surface area (Å²) < 4.78 is 0. The topological polar surface area (TPSA) is 51.1 Å². The highest BCUT2D eigenvalue weighted by molar-refractivity contribution is 14.0. The van der Waals surface area contributed by atoms with Gasteiger partial charge in [0.1, 0.15) is 0 Å². The molecule has 2 N–H and O–H groups in total. The van der Waals surface area contributed by atoms with Gasteiger partial charge in [-0.1, -0.05) is 38.1 Å². The molecule has 6 heteroatoms. The predicted molar refractivity (Wildman–Crippen MR) is 127 cm³/mol. The van der Waals surface area contributed by atoms with Gasteiger partial charge in [0.05, 0.1) is 12.6 Å². The fourth-order valence-corrected chi connectivity index (χ4v) is 4.55. The molecule has 0 bridgehead atoms. The molecular weight excluding hydrogens is 463 g/mol. The number of guanidine groups is 1. The van der Waals surface area contributed by atoms with Crippen molar-refractivity contribution >= 4 is 29.9 Å². The molecule has 1 aromatic rings. The summed E-state index contributed by atoms with van der Waals surface area (Å²) in [6.45, 7) is 13.3. The molecule has 28 heavy (non-hydrogen) atoms. The van der Waals surface area contributed by atoms with Gasteiger partial charge in [-0.25, -0.2) is 4.99 Å². The molecule has 2 fully saturated rings. The fourth-order valence-electron chi connectivity index (χ4n) is 4.55. The van der Waals surface area contributed by atoms with Crippen molar-refractivity contribution in [2.24, 2.45) is 16.8 Å². The lowest BCUT2D eigenvalue weighted by molar-refractivity contribution is 0.134. The summed E-state index contributed by atoms with van der Waals surface area (Å²) in [4.78, 5) is 9.66. The quantitative estimate of drug-likeness (QED) is 0.370. The number of hydrogen-bond donors (Lipinski definition) is 2. The molecule has 0 aliphatic carbocycles. The SMILES string of the molecule is CCNC(=NCc1ccccc1CN1CC(C)CC(C)C1)N1CC[C@@H](O)C1.I. The van der Waals surface area contributed by atoms with Gasteiger partial charge in [-0.2, -0.15) is 0 Å². The first-order valence-electron chi connectivity index (χ1n) is 10.6. The maximum atomic E-state index is 9.84. The molecule has 0 saturated carbocycles. The molecule has 0 amide bonds. The molecule has 158 valence electrons. The van der Waals surface area contributed by atoms with Crippen molar-refractivity contribution in [1.82, 2.24) is 15.1 Å². The summed E-state index contributed by atoms with van der Waals surface area (Å²) in [7, 11) is 0. The van der Waals surface area contributed by atoms with Gasteiger partial charge in [0, 0.05) is 39.3 Å². The van der Waals surface area contributed by atoms with Crippen LogP contribution in [-0.2, 0) is 13.1 Å². The van der Waals surface area contributed by atoms with Crippen molar-refractivity contribution in [1.29, 1.82) is 0 Å². The number of aliphatic imine (C=N–C) groups is 1. The maximum Gasteiger partial charge on any atom is 0.194 e. The minimum atomic E-state index is -0.232. The molecule has 2 saturated heterocycles. The highest BCUT2D eigenvalue weighted by Gasteiger charge is 2.24. The minimum Gasteiger partial charge on any atom is -0.391 e. The summed E-state index contributed by atoms with van der Waals surface area (Å²) in [6, 6.07) is 8.71. The van der Waals surface area contributed by atoms with Crippen molar-refractivity contribution in [3.05, 3.63) is 35.4 Å². The number of aliphatic hydroxyl groups is 1. The van der Waals surface area contributed by atoms with Gasteiger partial charge in [0.15, 0.2) is 5.96 Å². The van der Waals surface area contributed by atoms with E-state index in [-0.39, 0.29) is 30.1 Å². The van der Waals surface area contributed by atoms with Crippen molar-refractivity contribution < 1.29 is 5.11 Å². The molecule has 2 aliphatic rings. The molecular formula is C22H37IN4O. The summed E-state index contributed by atoms with van der Waals surface area (Å²) in [5.74, 6) is 2.48. The Morgan fingerprint density at radius 1 is 1.14 bits per heavy atom. The zero-order valence-corrected chi connectivity index (χ0v) is 19.9. The van der Waals surface area contributed by atoms with Crippen LogP contribution < -0.4 is 5.32 Å². The number of nitrogens with one attached hydrogen (secondary N) is 1. The van der Waals surface area contributed by atoms with Crippen LogP contribution >= 0.6 is 24.0 Å². The third-order valence-electron chi connectivity index (χ3n) is 5.65. The van der Waals surface area contributed by atoms with E-state index in [0.29, 0.717) is 13.1 Å². The molecule has 2 unspecified atom stereocenters. The van der Waals surface area contributed by atoms with E-state index < -0.39 is 0 Å². The lowest BCUT2D eigenvalue weighted by Crippen LogP contribution is -2.40. The van der Waals surface area contributed by atoms with Crippen LogP contribution in [0, 0.1) is 11.8 Å². The van der Waals surface area contributed by atoms with Gasteiger partial charge in [-0.3, -0.25) is 4.90 Å². The number of likely N-dealkylation sites (tertiary alicyclic amines) is 2. The van der Waals surface area contributed by atoms with E-state index in [0.717, 1.165) is 43.9 Å². The Labute approximate surface area is 187 Å². The number of piperidine rings is 1. The second-order valence-electron chi connectivity index (χ2n) is 8.47. The van der Waals surface area contributed by atoms with Crippen LogP contribution in [0.15, 0.2) is 29.3 Å². The van der Waals surface area contributed by atoms with Gasteiger partial charge in [0.25, 0.3) is 0 Å². The molecule has 0 radical (unpaired) electrons. The lowest BCUT2D eigenvalue weighted by Gasteiger charge is -2.35. The standard InChI is InChI=1S/C22H36N4O.HI/c1-4-23-22(26-10-9-21(27)16-26)24-12-19-7-5-6-8-20(19)15-25-13-17(2)11-18(3)14-25;/h5-8,17-18,21,27H,4,9-16H2,1-3H3,(H,23,24);1H/t17?,18?,21-;/m1./s1. The molecule has 3 rings (SSSR count). The smallest absolute Gasteiger partial charge is 0.194 e. The van der Waals surface area contributed by atoms with Gasteiger partial charge in [-0.05, 0) is 42.7 Å². The second kappa shape index (κ2) is 11.4. The Morgan fingerprint density at radius 2 is 1.82 bits per heavy atom. The number of aliphatic hydroxyl groups excluding tert-OH is 1. The number of rotatable bonds is 5. The molecule has 1 aromatic carbocycles. The fraction of sp³-hybridized carbons (Fsp3) is 0.682. The third-order valence-corrected chi connectivity index (χ3v) is 5.65. The van der Waals surface area contributed by atoms with E-state index in [2.05, 4.69) is 60.2 Å². The lowest BCUT2D eigenvalue weighted by atomic mass is 9.91. The summed E-state index contributed by atoms with van der Waals surface area (Å²) in [5.41, 5.74) is 2.69. The molecule has 2 aliphatic heterocycles. The molecule has 0 spiro atoms. The number of β-amino-alcohol motifs (C(OH)–C–C–N with tert-alkyl or cyclic N) is 1. The van der Waals surface area contributed by atoms with E-state index in [1.807, 2.05) is 0 Å². The van der Waals surface area contributed by atoms with E-state index in [1.54, 1.807) is 0 Å². The van der Waals surface area contributed by atoms with Gasteiger partial charge < -0.3 is 15.3 Å². The van der Waals surface area contributed by atoms with Crippen LogP contribution in [0.2, 0.25) is 0 Å². The zero-order chi connectivity index (χ0) is 19.2. The Kier molecular flexibility index (Phi) is 9.50. The molecule has 5 nitrogen and oxygen atoms in total. The molecule has 3 atom stereocenters. The zero-order valence-electron chi connectivity index (χ0n) is 17.6. The van der Waals surface area contributed by atoms with Crippen molar-refractivity contribution in [2.75, 3.05) is 32.7 Å². The van der Waals surface area contributed by atoms with Crippen molar-refractivity contribution in [3.63, 3.8) is 0 Å². The van der Waals surface area contributed by atoms with Crippen LogP contribution in [0.5, 0.6) is 0 Å². The second-order valence-corrected chi connectivity index (χ2v) is 8.47. The summed E-state index contributed by atoms with van der Waals surface area (Å²) >= 11 is 0. The van der Waals surface area contributed by atoms with E-state index >= 15 is 0 Å². The number of halogens is 1. The van der Waals surface area contributed by atoms with E-state index in [1.165, 1.54) is 30.6 Å². The number of nitrogens with zero attached hydrogens (tertiary/aromatic N) is 3. The normalized spacial score (nSPS) is 26.2. The van der Waals surface area contributed by atoms with Crippen LogP contribution in [-0.4, -0.2) is 59.7 Å². The maximum absolute atomic E-state index is 9.84. The van der Waals surface area contributed by atoms with Gasteiger partial charge >= 0.3 is 0 Å². The van der Waals surface area contributed by atoms with E-state index in [4.69, 9.17) is 4.99 Å². The largest absolute Gasteiger partial charge is 0.391 e. The van der Waals surface area contributed by atoms with Crippen molar-refractivity contribution in [2.45, 2.75) is 52.8 Å². The Morgan fingerprint density at radius 3 is 2.43 bits per heavy atom. The third kappa shape index (κ3) is 6.59. The average Bonchev–Trinajstić information content (AvgIpc) is 3.05.